The van der Waals surface area contributed by atoms with Crippen molar-refractivity contribution >= 4 is 5.97 Å². The van der Waals surface area contributed by atoms with Crippen molar-refractivity contribution in [2.45, 2.75) is 19.4 Å². The number of hydrogen-bond acceptors (Lipinski definition) is 5. The summed E-state index contributed by atoms with van der Waals surface area (Å²) in [6.07, 6.45) is 5.36. The number of carboxylic acids is 1. The lowest BCUT2D eigenvalue weighted by molar-refractivity contribution is 0.0697. The van der Waals surface area contributed by atoms with Gasteiger partial charge in [0.05, 0.1) is 23.3 Å². The first kappa shape index (κ1) is 16.4. The minimum absolute atomic E-state index is 0.261. The summed E-state index contributed by atoms with van der Waals surface area (Å²) in [4.78, 5) is 26.9. The average molecular weight is 349 g/mol. The number of aromatic nitrogens is 4. The van der Waals surface area contributed by atoms with Gasteiger partial charge < -0.3 is 9.67 Å². The fourth-order valence-corrected chi connectivity index (χ4v) is 3.21. The average Bonchev–Trinajstić information content (AvgIpc) is 3.06. The molecule has 132 valence electrons. The molecule has 0 aliphatic carbocycles. The van der Waals surface area contributed by atoms with Crippen LogP contribution in [0.25, 0.3) is 5.69 Å². The number of carbonyl (C=O) groups is 1. The third kappa shape index (κ3) is 3.21. The molecule has 1 N–H and O–H groups in total. The first-order valence-corrected chi connectivity index (χ1v) is 8.47. The molecule has 1 fully saturated rings. The van der Waals surface area contributed by atoms with Crippen LogP contribution in [-0.2, 0) is 6.54 Å². The summed E-state index contributed by atoms with van der Waals surface area (Å²) in [5.74, 6) is 0.325. The zero-order chi connectivity index (χ0) is 18.1. The van der Waals surface area contributed by atoms with Crippen molar-refractivity contribution in [2.24, 2.45) is 0 Å². The zero-order valence-electron chi connectivity index (χ0n) is 14.4. The lowest BCUT2D eigenvalue weighted by Gasteiger charge is -2.37. The molecule has 0 amide bonds. The van der Waals surface area contributed by atoms with Crippen LogP contribution >= 0.6 is 0 Å². The molecular weight excluding hydrogens is 330 g/mol. The van der Waals surface area contributed by atoms with Crippen LogP contribution in [-0.4, -0.2) is 48.6 Å². The molecule has 0 bridgehead atoms. The maximum Gasteiger partial charge on any atom is 0.337 e. The van der Waals surface area contributed by atoms with Crippen LogP contribution in [0.3, 0.4) is 0 Å². The van der Waals surface area contributed by atoms with Crippen LogP contribution in [0, 0.1) is 6.92 Å². The maximum absolute atomic E-state index is 11.4. The molecule has 0 unspecified atom stereocenters. The maximum atomic E-state index is 11.4. The van der Waals surface area contributed by atoms with Crippen LogP contribution < -0.4 is 0 Å². The Hall–Kier alpha value is -3.06. The number of aromatic carboxylic acids is 1. The summed E-state index contributed by atoms with van der Waals surface area (Å²) in [5.41, 5.74) is 2.78. The number of rotatable bonds is 5. The molecule has 1 saturated heterocycles. The molecule has 1 aromatic carbocycles. The number of hydrogen-bond donors (Lipinski definition) is 1. The Kier molecular flexibility index (Phi) is 4.22. The molecule has 0 spiro atoms. The Morgan fingerprint density at radius 1 is 1.23 bits per heavy atom. The van der Waals surface area contributed by atoms with Gasteiger partial charge in [0, 0.05) is 43.6 Å². The second kappa shape index (κ2) is 6.68. The third-order valence-corrected chi connectivity index (χ3v) is 4.57. The van der Waals surface area contributed by atoms with Gasteiger partial charge in [0.1, 0.15) is 5.82 Å². The van der Waals surface area contributed by atoms with Crippen molar-refractivity contribution in [1.82, 2.24) is 24.4 Å². The number of benzene rings is 1. The number of nitrogens with zero attached hydrogens (tertiary/aromatic N) is 5. The SMILES string of the molecule is Cc1ccnc(C2CN(Cc3cn(-c4ccccc4C(=O)O)cn3)C2)n1. The minimum Gasteiger partial charge on any atom is -0.478 e. The van der Waals surface area contributed by atoms with Gasteiger partial charge in [-0.3, -0.25) is 4.90 Å². The standard InChI is InChI=1S/C19H19N5O2/c1-13-6-7-20-18(22-13)14-8-23(9-14)10-15-11-24(12-21-15)17-5-3-2-4-16(17)19(25)26/h2-7,11-12,14H,8-10H2,1H3,(H,25,26). The molecular formula is C19H19N5O2. The van der Waals surface area contributed by atoms with E-state index in [0.29, 0.717) is 11.6 Å². The van der Waals surface area contributed by atoms with Crippen LogP contribution in [0.5, 0.6) is 0 Å². The smallest absolute Gasteiger partial charge is 0.337 e. The highest BCUT2D eigenvalue weighted by atomic mass is 16.4. The summed E-state index contributed by atoms with van der Waals surface area (Å²) in [6, 6.07) is 8.83. The Bertz CT molecular complexity index is 946. The summed E-state index contributed by atoms with van der Waals surface area (Å²) in [5, 5.41) is 9.33. The highest BCUT2D eigenvalue weighted by Gasteiger charge is 2.30. The quantitative estimate of drug-likeness (QED) is 0.761. The molecule has 3 aromatic rings. The molecule has 7 nitrogen and oxygen atoms in total. The fourth-order valence-electron chi connectivity index (χ4n) is 3.21. The minimum atomic E-state index is -0.945. The van der Waals surface area contributed by atoms with Gasteiger partial charge in [0.25, 0.3) is 0 Å². The van der Waals surface area contributed by atoms with E-state index in [2.05, 4.69) is 19.9 Å². The van der Waals surface area contributed by atoms with Gasteiger partial charge in [-0.2, -0.15) is 0 Å². The number of carboxylic acid groups (broad SMARTS) is 1. The Balaban J connectivity index is 1.42. The lowest BCUT2D eigenvalue weighted by Crippen LogP contribution is -2.45. The highest BCUT2D eigenvalue weighted by molar-refractivity contribution is 5.91. The van der Waals surface area contributed by atoms with E-state index in [9.17, 15) is 9.90 Å². The Labute approximate surface area is 151 Å². The van der Waals surface area contributed by atoms with Crippen molar-refractivity contribution in [3.8, 4) is 5.69 Å². The molecule has 4 rings (SSSR count). The van der Waals surface area contributed by atoms with Gasteiger partial charge in [-0.1, -0.05) is 12.1 Å². The van der Waals surface area contributed by atoms with Gasteiger partial charge in [-0.15, -0.1) is 0 Å². The van der Waals surface area contributed by atoms with Gasteiger partial charge in [-0.25, -0.2) is 19.7 Å². The Morgan fingerprint density at radius 2 is 2.04 bits per heavy atom. The number of para-hydroxylation sites is 1. The highest BCUT2D eigenvalue weighted by Crippen LogP contribution is 2.26. The molecule has 2 aromatic heterocycles. The summed E-state index contributed by atoms with van der Waals surface area (Å²) >= 11 is 0. The second-order valence-corrected chi connectivity index (χ2v) is 6.54. The number of aryl methyl sites for hydroxylation is 1. The van der Waals surface area contributed by atoms with Crippen molar-refractivity contribution < 1.29 is 9.90 Å². The van der Waals surface area contributed by atoms with E-state index in [-0.39, 0.29) is 5.56 Å². The third-order valence-electron chi connectivity index (χ3n) is 4.57. The zero-order valence-corrected chi connectivity index (χ0v) is 14.4. The fraction of sp³-hybridized carbons (Fsp3) is 0.263. The van der Waals surface area contributed by atoms with E-state index in [1.807, 2.05) is 31.5 Å². The normalized spacial score (nSPS) is 15.0. The molecule has 1 aliphatic heterocycles. The lowest BCUT2D eigenvalue weighted by atomic mass is 9.99. The van der Waals surface area contributed by atoms with Crippen LogP contribution in [0.1, 0.15) is 33.5 Å². The van der Waals surface area contributed by atoms with Crippen molar-refractivity contribution in [2.75, 3.05) is 13.1 Å². The molecule has 0 atom stereocenters. The van der Waals surface area contributed by atoms with E-state index in [0.717, 1.165) is 36.8 Å². The van der Waals surface area contributed by atoms with Crippen molar-refractivity contribution in [3.05, 3.63) is 71.8 Å². The van der Waals surface area contributed by atoms with E-state index in [1.165, 1.54) is 0 Å². The summed E-state index contributed by atoms with van der Waals surface area (Å²) in [6.45, 7) is 4.51. The van der Waals surface area contributed by atoms with E-state index in [4.69, 9.17) is 0 Å². The van der Waals surface area contributed by atoms with Crippen LogP contribution in [0.4, 0.5) is 0 Å². The molecule has 1 aliphatic rings. The van der Waals surface area contributed by atoms with Crippen molar-refractivity contribution in [3.63, 3.8) is 0 Å². The van der Waals surface area contributed by atoms with Gasteiger partial charge in [0.15, 0.2) is 0 Å². The molecule has 26 heavy (non-hydrogen) atoms. The van der Waals surface area contributed by atoms with Crippen LogP contribution in [0.15, 0.2) is 49.1 Å². The van der Waals surface area contributed by atoms with Gasteiger partial charge >= 0.3 is 5.97 Å². The molecule has 7 heteroatoms. The van der Waals surface area contributed by atoms with Gasteiger partial charge in [-0.05, 0) is 25.1 Å². The second-order valence-electron chi connectivity index (χ2n) is 6.54. The molecule has 3 heterocycles. The predicted octanol–water partition coefficient (Wildman–Crippen LogP) is 2.27. The van der Waals surface area contributed by atoms with E-state index < -0.39 is 5.97 Å². The van der Waals surface area contributed by atoms with Gasteiger partial charge in [0.2, 0.25) is 0 Å². The summed E-state index contributed by atoms with van der Waals surface area (Å²) in [7, 11) is 0. The monoisotopic (exact) mass is 349 g/mol. The first-order chi connectivity index (χ1) is 12.6. The summed E-state index contributed by atoms with van der Waals surface area (Å²) < 4.78 is 1.76. The molecule has 0 saturated carbocycles. The number of imidazole rings is 1. The van der Waals surface area contributed by atoms with Crippen molar-refractivity contribution in [1.29, 1.82) is 0 Å². The Morgan fingerprint density at radius 3 is 2.81 bits per heavy atom. The predicted molar refractivity (Wildman–Crippen MR) is 95.3 cm³/mol. The van der Waals surface area contributed by atoms with Crippen LogP contribution in [0.2, 0.25) is 0 Å². The largest absolute Gasteiger partial charge is 0.478 e. The first-order valence-electron chi connectivity index (χ1n) is 8.47. The van der Waals surface area contributed by atoms with E-state index in [1.54, 1.807) is 29.1 Å². The number of likely N-dealkylation sites (tertiary alicyclic amines) is 1. The van der Waals surface area contributed by atoms with E-state index >= 15 is 0 Å². The molecule has 0 radical (unpaired) electrons. The topological polar surface area (TPSA) is 84.1 Å².